The summed E-state index contributed by atoms with van der Waals surface area (Å²) in [6.07, 6.45) is 1.78. The molecule has 108 valence electrons. The molecule has 21 heavy (non-hydrogen) atoms. The van der Waals surface area contributed by atoms with Crippen molar-refractivity contribution in [3.63, 3.8) is 0 Å². The maximum Gasteiger partial charge on any atom is 0.253 e. The molecule has 0 atom stereocenters. The third kappa shape index (κ3) is 3.53. The first-order chi connectivity index (χ1) is 10.2. The molecule has 2 rings (SSSR count). The van der Waals surface area contributed by atoms with Crippen LogP contribution in [0.15, 0.2) is 41.3 Å². The van der Waals surface area contributed by atoms with Gasteiger partial charge in [-0.25, -0.2) is 0 Å². The van der Waals surface area contributed by atoms with Gasteiger partial charge in [0.1, 0.15) is 5.75 Å². The van der Waals surface area contributed by atoms with E-state index >= 15 is 0 Å². The smallest absolute Gasteiger partial charge is 0.253 e. The molecule has 0 unspecified atom stereocenters. The summed E-state index contributed by atoms with van der Waals surface area (Å²) < 4.78 is 6.96. The number of hydrogen-bond donors (Lipinski definition) is 1. The molecule has 0 spiro atoms. The van der Waals surface area contributed by atoms with E-state index in [-0.39, 0.29) is 5.56 Å². The van der Waals surface area contributed by atoms with E-state index in [0.29, 0.717) is 18.8 Å². The quantitative estimate of drug-likeness (QED) is 0.868. The second-order valence-electron chi connectivity index (χ2n) is 4.66. The van der Waals surface area contributed by atoms with Gasteiger partial charge in [0.05, 0.1) is 25.8 Å². The van der Waals surface area contributed by atoms with Gasteiger partial charge in [0.15, 0.2) is 0 Å². The first-order valence-electron chi connectivity index (χ1n) is 6.67. The molecule has 0 saturated heterocycles. The zero-order valence-electron chi connectivity index (χ0n) is 12.2. The van der Waals surface area contributed by atoms with Crippen LogP contribution in [0.5, 0.6) is 5.75 Å². The summed E-state index contributed by atoms with van der Waals surface area (Å²) in [6.45, 7) is 2.61. The SMILES string of the molecule is COc1ccc(Cn2cccc(C)c2=O)cc1C#CCN. The third-order valence-corrected chi connectivity index (χ3v) is 3.15. The van der Waals surface area contributed by atoms with Gasteiger partial charge in [-0.15, -0.1) is 0 Å². The minimum absolute atomic E-state index is 0.0166. The van der Waals surface area contributed by atoms with E-state index in [1.54, 1.807) is 17.9 Å². The van der Waals surface area contributed by atoms with Crippen molar-refractivity contribution in [2.24, 2.45) is 5.73 Å². The first-order valence-corrected chi connectivity index (χ1v) is 6.67. The Morgan fingerprint density at radius 3 is 2.86 bits per heavy atom. The van der Waals surface area contributed by atoms with E-state index < -0.39 is 0 Å². The lowest BCUT2D eigenvalue weighted by atomic mass is 10.1. The number of methoxy groups -OCH3 is 1. The van der Waals surface area contributed by atoms with Gasteiger partial charge in [-0.05, 0) is 30.7 Å². The van der Waals surface area contributed by atoms with Gasteiger partial charge in [0.25, 0.3) is 5.56 Å². The fraction of sp³-hybridized carbons (Fsp3) is 0.235. The average molecular weight is 282 g/mol. The zero-order chi connectivity index (χ0) is 15.2. The molecule has 4 heteroatoms. The number of aryl methyl sites for hydroxylation is 1. The van der Waals surface area contributed by atoms with Crippen LogP contribution in [0, 0.1) is 18.8 Å². The number of nitrogens with two attached hydrogens (primary N) is 1. The van der Waals surface area contributed by atoms with Crippen LogP contribution in [-0.2, 0) is 6.54 Å². The number of benzene rings is 1. The lowest BCUT2D eigenvalue weighted by Crippen LogP contribution is -2.21. The van der Waals surface area contributed by atoms with Crippen molar-refractivity contribution in [2.75, 3.05) is 13.7 Å². The topological polar surface area (TPSA) is 57.2 Å². The number of aromatic nitrogens is 1. The first kappa shape index (κ1) is 14.9. The minimum atomic E-state index is 0.0166. The highest BCUT2D eigenvalue weighted by molar-refractivity contribution is 5.48. The van der Waals surface area contributed by atoms with Crippen LogP contribution >= 0.6 is 0 Å². The Balaban J connectivity index is 2.37. The van der Waals surface area contributed by atoms with Crippen LogP contribution in [0.25, 0.3) is 0 Å². The molecule has 1 aromatic heterocycles. The van der Waals surface area contributed by atoms with Crippen LogP contribution in [0.3, 0.4) is 0 Å². The second kappa shape index (κ2) is 6.78. The van der Waals surface area contributed by atoms with Gasteiger partial charge in [0.2, 0.25) is 0 Å². The number of ether oxygens (including phenoxy) is 1. The highest BCUT2D eigenvalue weighted by Crippen LogP contribution is 2.19. The molecule has 0 fully saturated rings. The summed E-state index contributed by atoms with van der Waals surface area (Å²) in [5.41, 5.74) is 7.92. The molecule has 0 aliphatic carbocycles. The molecule has 1 aromatic carbocycles. The number of rotatable bonds is 3. The maximum atomic E-state index is 12.0. The number of hydrogen-bond acceptors (Lipinski definition) is 3. The molecule has 2 aromatic rings. The zero-order valence-corrected chi connectivity index (χ0v) is 12.2. The van der Waals surface area contributed by atoms with Gasteiger partial charge in [0, 0.05) is 11.8 Å². The Morgan fingerprint density at radius 1 is 1.33 bits per heavy atom. The Bertz CT molecular complexity index is 751. The Kier molecular flexibility index (Phi) is 4.81. The van der Waals surface area contributed by atoms with Crippen LogP contribution < -0.4 is 16.0 Å². The van der Waals surface area contributed by atoms with Gasteiger partial charge < -0.3 is 15.0 Å². The monoisotopic (exact) mass is 282 g/mol. The van der Waals surface area contributed by atoms with Crippen molar-refractivity contribution >= 4 is 0 Å². The Hall–Kier alpha value is -2.51. The predicted octanol–water partition coefficient (Wildman–Crippen LogP) is 1.52. The van der Waals surface area contributed by atoms with E-state index in [1.807, 2.05) is 37.3 Å². The number of pyridine rings is 1. The summed E-state index contributed by atoms with van der Waals surface area (Å²) >= 11 is 0. The standard InChI is InChI=1S/C17H18N2O2/c1-13-5-4-10-19(17(13)20)12-14-7-8-16(21-2)15(11-14)6-3-9-18/h4-5,7-8,10-11H,9,12,18H2,1-2H3. The lowest BCUT2D eigenvalue weighted by Gasteiger charge is -2.09. The molecule has 4 nitrogen and oxygen atoms in total. The highest BCUT2D eigenvalue weighted by Gasteiger charge is 2.04. The molecular formula is C17H18N2O2. The molecule has 0 aliphatic heterocycles. The largest absolute Gasteiger partial charge is 0.495 e. The van der Waals surface area contributed by atoms with Crippen molar-refractivity contribution in [3.05, 3.63) is 63.6 Å². The van der Waals surface area contributed by atoms with Gasteiger partial charge >= 0.3 is 0 Å². The van der Waals surface area contributed by atoms with Crippen LogP contribution in [-0.4, -0.2) is 18.2 Å². The summed E-state index contributed by atoms with van der Waals surface area (Å²) in [5.74, 6) is 6.51. The summed E-state index contributed by atoms with van der Waals surface area (Å²) in [6, 6.07) is 9.40. The normalized spacial score (nSPS) is 9.86. The van der Waals surface area contributed by atoms with Gasteiger partial charge in [-0.3, -0.25) is 4.79 Å². The van der Waals surface area contributed by atoms with Crippen LogP contribution in [0.2, 0.25) is 0 Å². The lowest BCUT2D eigenvalue weighted by molar-refractivity contribution is 0.413. The third-order valence-electron chi connectivity index (χ3n) is 3.15. The van der Waals surface area contributed by atoms with E-state index in [1.165, 1.54) is 0 Å². The van der Waals surface area contributed by atoms with Crippen molar-refractivity contribution in [3.8, 4) is 17.6 Å². The van der Waals surface area contributed by atoms with Gasteiger partial charge in [-0.1, -0.05) is 24.0 Å². The molecule has 2 N–H and O–H groups in total. The fourth-order valence-corrected chi connectivity index (χ4v) is 2.08. The highest BCUT2D eigenvalue weighted by atomic mass is 16.5. The summed E-state index contributed by atoms with van der Waals surface area (Å²) in [5, 5.41) is 0. The summed E-state index contributed by atoms with van der Waals surface area (Å²) in [7, 11) is 1.60. The van der Waals surface area contributed by atoms with E-state index in [2.05, 4.69) is 11.8 Å². The van der Waals surface area contributed by atoms with Gasteiger partial charge in [-0.2, -0.15) is 0 Å². The van der Waals surface area contributed by atoms with E-state index in [0.717, 1.165) is 16.7 Å². The summed E-state index contributed by atoms with van der Waals surface area (Å²) in [4.78, 5) is 12.0. The molecule has 0 bridgehead atoms. The average Bonchev–Trinajstić information content (AvgIpc) is 2.50. The fourth-order valence-electron chi connectivity index (χ4n) is 2.08. The van der Waals surface area contributed by atoms with Crippen LogP contribution in [0.1, 0.15) is 16.7 Å². The molecular weight excluding hydrogens is 264 g/mol. The van der Waals surface area contributed by atoms with E-state index in [9.17, 15) is 4.79 Å². The van der Waals surface area contributed by atoms with Crippen molar-refractivity contribution in [2.45, 2.75) is 13.5 Å². The minimum Gasteiger partial charge on any atom is -0.495 e. The molecule has 0 saturated carbocycles. The van der Waals surface area contributed by atoms with E-state index in [4.69, 9.17) is 10.5 Å². The van der Waals surface area contributed by atoms with Crippen molar-refractivity contribution < 1.29 is 4.74 Å². The molecule has 0 amide bonds. The second-order valence-corrected chi connectivity index (χ2v) is 4.66. The number of nitrogens with zero attached hydrogens (tertiary/aromatic N) is 1. The Labute approximate surface area is 124 Å². The molecule has 0 radical (unpaired) electrons. The predicted molar refractivity (Wildman–Crippen MR) is 83.5 cm³/mol. The van der Waals surface area contributed by atoms with Crippen molar-refractivity contribution in [1.29, 1.82) is 0 Å². The molecule has 1 heterocycles. The maximum absolute atomic E-state index is 12.0. The molecule has 0 aliphatic rings. The van der Waals surface area contributed by atoms with Crippen LogP contribution in [0.4, 0.5) is 0 Å². The Morgan fingerprint density at radius 2 is 2.14 bits per heavy atom. The van der Waals surface area contributed by atoms with Crippen molar-refractivity contribution in [1.82, 2.24) is 4.57 Å².